The number of benzene rings is 2. The molecule has 0 spiro atoms. The number of ether oxygens (including phenoxy) is 1. The normalized spacial score (nSPS) is 19.6. The summed E-state index contributed by atoms with van der Waals surface area (Å²) in [7, 11) is 5.59. The average Bonchev–Trinajstić information content (AvgIpc) is 3.03. The number of piperidine rings is 1. The molecule has 2 aliphatic heterocycles. The molecule has 2 atom stereocenters. The third kappa shape index (κ3) is 6.97. The average molecular weight is 606 g/mol. The molecule has 0 bridgehead atoms. The second kappa shape index (κ2) is 14.8. The SMILES string of the molecule is CCC1(CC)C(=O)N(C(=O)NC2CCCCN2C(=O)C(c2ccccc2)c2ccccc2)C1OCC(=O)N(C)CCN(C)C. The molecule has 0 aromatic heterocycles. The number of carbonyl (C=O) groups is 4. The summed E-state index contributed by atoms with van der Waals surface area (Å²) in [5, 5.41) is 2.99. The van der Waals surface area contributed by atoms with E-state index in [1.54, 1.807) is 16.8 Å². The van der Waals surface area contributed by atoms with Crippen LogP contribution in [0, 0.1) is 5.41 Å². The third-order valence-electron chi connectivity index (χ3n) is 9.09. The monoisotopic (exact) mass is 605 g/mol. The molecule has 2 saturated heterocycles. The zero-order valence-corrected chi connectivity index (χ0v) is 26.7. The van der Waals surface area contributed by atoms with Crippen molar-refractivity contribution in [3.05, 3.63) is 71.8 Å². The predicted octanol–water partition coefficient (Wildman–Crippen LogP) is 3.88. The quantitative estimate of drug-likeness (QED) is 0.369. The Balaban J connectivity index is 1.51. The van der Waals surface area contributed by atoms with Gasteiger partial charge in [-0.05, 0) is 57.3 Å². The van der Waals surface area contributed by atoms with E-state index >= 15 is 0 Å². The zero-order chi connectivity index (χ0) is 31.9. The summed E-state index contributed by atoms with van der Waals surface area (Å²) in [5.74, 6) is -1.17. The lowest BCUT2D eigenvalue weighted by atomic mass is 9.72. The maximum absolute atomic E-state index is 14.2. The summed E-state index contributed by atoms with van der Waals surface area (Å²) >= 11 is 0. The molecule has 2 aromatic carbocycles. The van der Waals surface area contributed by atoms with Crippen LogP contribution in [-0.2, 0) is 19.1 Å². The molecule has 10 nitrogen and oxygen atoms in total. The lowest BCUT2D eigenvalue weighted by Crippen LogP contribution is -2.74. The lowest BCUT2D eigenvalue weighted by Gasteiger charge is -2.54. The number of rotatable bonds is 12. The summed E-state index contributed by atoms with van der Waals surface area (Å²) in [4.78, 5) is 60.7. The van der Waals surface area contributed by atoms with E-state index in [2.05, 4.69) is 5.32 Å². The highest BCUT2D eigenvalue weighted by Crippen LogP contribution is 2.46. The van der Waals surface area contributed by atoms with Crippen molar-refractivity contribution in [1.82, 2.24) is 24.9 Å². The number of β-lactam (4-membered cyclic amide) rings is 1. The van der Waals surface area contributed by atoms with E-state index in [1.165, 1.54) is 0 Å². The predicted molar refractivity (Wildman–Crippen MR) is 168 cm³/mol. The van der Waals surface area contributed by atoms with Crippen molar-refractivity contribution in [3.8, 4) is 0 Å². The van der Waals surface area contributed by atoms with Crippen molar-refractivity contribution >= 4 is 23.8 Å². The van der Waals surface area contributed by atoms with Crippen molar-refractivity contribution in [2.24, 2.45) is 5.41 Å². The smallest absolute Gasteiger partial charge is 0.327 e. The van der Waals surface area contributed by atoms with Crippen molar-refractivity contribution in [2.75, 3.05) is 47.4 Å². The van der Waals surface area contributed by atoms with Gasteiger partial charge in [-0.3, -0.25) is 14.4 Å². The van der Waals surface area contributed by atoms with Gasteiger partial charge in [-0.25, -0.2) is 9.69 Å². The fourth-order valence-electron chi connectivity index (χ4n) is 6.19. The molecule has 5 amide bonds. The van der Waals surface area contributed by atoms with Gasteiger partial charge in [0.15, 0.2) is 6.23 Å². The lowest BCUT2D eigenvalue weighted by molar-refractivity contribution is -0.212. The Morgan fingerprint density at radius 2 is 1.52 bits per heavy atom. The van der Waals surface area contributed by atoms with Gasteiger partial charge < -0.3 is 24.8 Å². The zero-order valence-electron chi connectivity index (χ0n) is 26.7. The highest BCUT2D eigenvalue weighted by molar-refractivity contribution is 6.03. The van der Waals surface area contributed by atoms with Crippen LogP contribution in [0.3, 0.4) is 0 Å². The molecule has 2 aromatic rings. The van der Waals surface area contributed by atoms with Crippen LogP contribution in [0.1, 0.15) is 63.0 Å². The Hall–Kier alpha value is -3.76. The van der Waals surface area contributed by atoms with Crippen molar-refractivity contribution in [2.45, 2.75) is 64.3 Å². The summed E-state index contributed by atoms with van der Waals surface area (Å²) in [6, 6.07) is 18.7. The number of nitrogens with one attached hydrogen (secondary N) is 1. The first-order valence-corrected chi connectivity index (χ1v) is 15.7. The molecule has 2 unspecified atom stereocenters. The molecule has 1 N–H and O–H groups in total. The summed E-state index contributed by atoms with van der Waals surface area (Å²) < 4.78 is 6.05. The van der Waals surface area contributed by atoms with Gasteiger partial charge in [0.25, 0.3) is 0 Å². The first-order valence-electron chi connectivity index (χ1n) is 15.7. The van der Waals surface area contributed by atoms with Gasteiger partial charge in [-0.15, -0.1) is 0 Å². The fraction of sp³-hybridized carbons (Fsp3) is 0.529. The molecule has 0 aliphatic carbocycles. The topological polar surface area (TPSA) is 102 Å². The van der Waals surface area contributed by atoms with Crippen molar-refractivity contribution in [1.29, 1.82) is 0 Å². The number of imide groups is 1. The standard InChI is InChI=1S/C34H47N5O5/c1-6-34(7-2)31(42)39(32(34)44-24-28(40)37(5)23-22-36(3)4)33(43)35-27-20-14-15-21-38(27)30(41)29(25-16-10-8-11-17-25)26-18-12-9-13-19-26/h8-13,16-19,27,29,32H,6-7,14-15,20-24H2,1-5H3,(H,35,43). The van der Waals surface area contributed by atoms with Crippen LogP contribution < -0.4 is 5.32 Å². The Labute approximate surface area is 261 Å². The van der Waals surface area contributed by atoms with E-state index < -0.39 is 29.8 Å². The molecule has 0 saturated carbocycles. The highest BCUT2D eigenvalue weighted by Gasteiger charge is 2.62. The van der Waals surface area contributed by atoms with Crippen molar-refractivity contribution < 1.29 is 23.9 Å². The van der Waals surface area contributed by atoms with Crippen LogP contribution in [0.15, 0.2) is 60.7 Å². The van der Waals surface area contributed by atoms with Gasteiger partial charge in [0, 0.05) is 26.7 Å². The second-order valence-corrected chi connectivity index (χ2v) is 12.1. The minimum absolute atomic E-state index is 0.0991. The molecular formula is C34H47N5O5. The van der Waals surface area contributed by atoms with Crippen LogP contribution >= 0.6 is 0 Å². The maximum atomic E-state index is 14.2. The van der Waals surface area contributed by atoms with Crippen LogP contribution in [0.4, 0.5) is 4.79 Å². The van der Waals surface area contributed by atoms with E-state index in [1.807, 2.05) is 93.5 Å². The molecular weight excluding hydrogens is 558 g/mol. The van der Waals surface area contributed by atoms with Gasteiger partial charge in [0.1, 0.15) is 12.8 Å². The Kier molecular flexibility index (Phi) is 11.2. The first-order chi connectivity index (χ1) is 21.1. The van der Waals surface area contributed by atoms with E-state index in [9.17, 15) is 19.2 Å². The molecule has 2 aliphatic rings. The van der Waals surface area contributed by atoms with Crippen LogP contribution in [-0.4, -0.2) is 103 Å². The first kappa shape index (κ1) is 33.1. The Bertz CT molecular complexity index is 1240. The molecule has 0 radical (unpaired) electrons. The summed E-state index contributed by atoms with van der Waals surface area (Å²) in [6.45, 7) is 5.29. The Morgan fingerprint density at radius 1 is 0.932 bits per heavy atom. The van der Waals surface area contributed by atoms with E-state index in [0.29, 0.717) is 38.9 Å². The van der Waals surface area contributed by atoms with Gasteiger partial charge in [0.05, 0.1) is 11.3 Å². The number of urea groups is 1. The third-order valence-corrected chi connectivity index (χ3v) is 9.09. The fourth-order valence-corrected chi connectivity index (χ4v) is 6.19. The number of likely N-dealkylation sites (tertiary alicyclic amines) is 2. The minimum atomic E-state index is -0.881. The van der Waals surface area contributed by atoms with Gasteiger partial charge >= 0.3 is 6.03 Å². The van der Waals surface area contributed by atoms with Gasteiger partial charge in [-0.2, -0.15) is 0 Å². The van der Waals surface area contributed by atoms with Gasteiger partial charge in [0.2, 0.25) is 17.7 Å². The largest absolute Gasteiger partial charge is 0.347 e. The number of amides is 5. The van der Waals surface area contributed by atoms with Crippen LogP contribution in [0.25, 0.3) is 0 Å². The highest BCUT2D eigenvalue weighted by atomic mass is 16.5. The van der Waals surface area contributed by atoms with Gasteiger partial charge in [-0.1, -0.05) is 74.5 Å². The molecule has 44 heavy (non-hydrogen) atoms. The van der Waals surface area contributed by atoms with Crippen LogP contribution in [0.2, 0.25) is 0 Å². The summed E-state index contributed by atoms with van der Waals surface area (Å²) in [5.41, 5.74) is 0.872. The number of likely N-dealkylation sites (N-methyl/N-ethyl adjacent to an activating group) is 2. The molecule has 2 heterocycles. The Morgan fingerprint density at radius 3 is 2.07 bits per heavy atom. The van der Waals surface area contributed by atoms with E-state index in [4.69, 9.17) is 4.74 Å². The summed E-state index contributed by atoms with van der Waals surface area (Å²) in [6.07, 6.45) is 1.74. The molecule has 4 rings (SSSR count). The number of carbonyl (C=O) groups excluding carboxylic acids is 4. The van der Waals surface area contributed by atoms with E-state index in [-0.39, 0.29) is 24.3 Å². The molecule has 10 heteroatoms. The minimum Gasteiger partial charge on any atom is -0.347 e. The van der Waals surface area contributed by atoms with E-state index in [0.717, 1.165) is 28.9 Å². The maximum Gasteiger partial charge on any atom is 0.327 e. The van der Waals surface area contributed by atoms with Crippen LogP contribution in [0.5, 0.6) is 0 Å². The number of hydrogen-bond donors (Lipinski definition) is 1. The number of hydrogen-bond acceptors (Lipinski definition) is 6. The second-order valence-electron chi connectivity index (χ2n) is 12.1. The number of nitrogens with zero attached hydrogens (tertiary/aromatic N) is 4. The molecule has 2 fully saturated rings. The van der Waals surface area contributed by atoms with Crippen molar-refractivity contribution in [3.63, 3.8) is 0 Å². The molecule has 238 valence electrons.